The number of nitrogens with zero attached hydrogens (tertiary/aromatic N) is 2. The molecule has 1 aromatic rings. The third kappa shape index (κ3) is 3.47. The molecule has 1 aromatic carbocycles. The van der Waals surface area contributed by atoms with Crippen molar-refractivity contribution in [3.63, 3.8) is 0 Å². The van der Waals surface area contributed by atoms with Crippen molar-refractivity contribution in [2.75, 3.05) is 44.2 Å². The number of anilines is 1. The Morgan fingerprint density at radius 3 is 2.44 bits per heavy atom. The van der Waals surface area contributed by atoms with Crippen LogP contribution in [0.15, 0.2) is 24.3 Å². The largest absolute Gasteiger partial charge is 0.456 e. The average Bonchev–Trinajstić information content (AvgIpc) is 2.41. The maximum Gasteiger partial charge on any atom is 0.417 e. The average molecular weight is 247 g/mol. The molecule has 2 rings (SSSR count). The van der Waals surface area contributed by atoms with Crippen LogP contribution in [0.1, 0.15) is 5.56 Å². The molecule has 0 atom stereocenters. The maximum atomic E-state index is 9.94. The fourth-order valence-electron chi connectivity index (χ4n) is 2.20. The van der Waals surface area contributed by atoms with E-state index in [1.54, 1.807) is 0 Å². The van der Waals surface area contributed by atoms with Gasteiger partial charge in [-0.2, -0.15) is 0 Å². The van der Waals surface area contributed by atoms with Gasteiger partial charge in [0.15, 0.2) is 0 Å². The molecule has 0 bridgehead atoms. The summed E-state index contributed by atoms with van der Waals surface area (Å²) < 4.78 is 4.60. The molecule has 4 heteroatoms. The van der Waals surface area contributed by atoms with E-state index in [2.05, 4.69) is 45.7 Å². The van der Waals surface area contributed by atoms with Crippen LogP contribution in [-0.4, -0.2) is 50.7 Å². The van der Waals surface area contributed by atoms with E-state index in [0.29, 0.717) is 6.61 Å². The first-order chi connectivity index (χ1) is 8.79. The molecular weight excluding hydrogens is 228 g/mol. The minimum atomic E-state index is 0.439. The first-order valence-electron chi connectivity index (χ1n) is 6.32. The molecule has 0 spiro atoms. The quantitative estimate of drug-likeness (QED) is 0.732. The number of aryl methyl sites for hydroxylation is 1. The molecule has 1 aliphatic heterocycles. The van der Waals surface area contributed by atoms with Crippen LogP contribution in [0.4, 0.5) is 5.69 Å². The lowest BCUT2D eigenvalue weighted by atomic mass is 10.2. The van der Waals surface area contributed by atoms with Gasteiger partial charge in [-0.05, 0) is 19.1 Å². The molecular formula is C14H19N2O2. The van der Waals surface area contributed by atoms with E-state index >= 15 is 0 Å². The van der Waals surface area contributed by atoms with Crippen LogP contribution >= 0.6 is 0 Å². The molecule has 0 amide bonds. The van der Waals surface area contributed by atoms with E-state index in [-0.39, 0.29) is 0 Å². The first kappa shape index (κ1) is 12.9. The second-order valence-electron chi connectivity index (χ2n) is 4.60. The van der Waals surface area contributed by atoms with Crippen molar-refractivity contribution in [1.82, 2.24) is 4.90 Å². The van der Waals surface area contributed by atoms with Crippen LogP contribution < -0.4 is 4.90 Å². The SMILES string of the molecule is Cc1ccc(N2CCN(CCO[C]=O)CC2)cc1. The van der Waals surface area contributed by atoms with Crippen molar-refractivity contribution in [2.45, 2.75) is 6.92 Å². The van der Waals surface area contributed by atoms with Gasteiger partial charge >= 0.3 is 6.47 Å². The highest BCUT2D eigenvalue weighted by atomic mass is 16.5. The van der Waals surface area contributed by atoms with E-state index < -0.39 is 0 Å². The zero-order valence-corrected chi connectivity index (χ0v) is 10.8. The van der Waals surface area contributed by atoms with Gasteiger partial charge < -0.3 is 9.64 Å². The van der Waals surface area contributed by atoms with Gasteiger partial charge in [0.25, 0.3) is 0 Å². The summed E-state index contributed by atoms with van der Waals surface area (Å²) in [6, 6.07) is 8.65. The Balaban J connectivity index is 1.79. The molecule has 1 fully saturated rings. The highest BCUT2D eigenvalue weighted by Crippen LogP contribution is 2.16. The molecule has 1 radical (unpaired) electrons. The molecule has 1 aliphatic rings. The third-order valence-corrected chi connectivity index (χ3v) is 3.34. The summed E-state index contributed by atoms with van der Waals surface area (Å²) in [5, 5.41) is 0. The molecule has 18 heavy (non-hydrogen) atoms. The van der Waals surface area contributed by atoms with Crippen molar-refractivity contribution in [3.8, 4) is 0 Å². The predicted octanol–water partition coefficient (Wildman–Crippen LogP) is 1.20. The highest BCUT2D eigenvalue weighted by molar-refractivity contribution is 5.47. The van der Waals surface area contributed by atoms with Crippen molar-refractivity contribution in [1.29, 1.82) is 0 Å². The molecule has 0 saturated carbocycles. The number of hydrogen-bond acceptors (Lipinski definition) is 4. The summed E-state index contributed by atoms with van der Waals surface area (Å²) in [7, 11) is 0. The molecule has 0 unspecified atom stereocenters. The fourth-order valence-corrected chi connectivity index (χ4v) is 2.20. The van der Waals surface area contributed by atoms with E-state index in [4.69, 9.17) is 0 Å². The monoisotopic (exact) mass is 247 g/mol. The van der Waals surface area contributed by atoms with E-state index in [1.807, 2.05) is 0 Å². The molecule has 1 heterocycles. The highest BCUT2D eigenvalue weighted by Gasteiger charge is 2.16. The number of hydrogen-bond donors (Lipinski definition) is 0. The van der Waals surface area contributed by atoms with Gasteiger partial charge in [-0.3, -0.25) is 4.90 Å². The minimum Gasteiger partial charge on any atom is -0.456 e. The Morgan fingerprint density at radius 2 is 1.83 bits per heavy atom. The van der Waals surface area contributed by atoms with Gasteiger partial charge in [0.1, 0.15) is 6.61 Å². The smallest absolute Gasteiger partial charge is 0.417 e. The molecule has 97 valence electrons. The van der Waals surface area contributed by atoms with Gasteiger partial charge in [-0.25, -0.2) is 4.79 Å². The Labute approximate surface area is 108 Å². The molecule has 0 aromatic heterocycles. The standard InChI is InChI=1S/C14H19N2O2/c1-13-2-4-14(5-3-13)16-8-6-15(7-9-16)10-11-18-12-17/h2-5H,6-11H2,1H3. The summed E-state index contributed by atoms with van der Waals surface area (Å²) in [4.78, 5) is 14.6. The van der Waals surface area contributed by atoms with Crippen molar-refractivity contribution < 1.29 is 9.53 Å². The third-order valence-electron chi connectivity index (χ3n) is 3.34. The van der Waals surface area contributed by atoms with Gasteiger partial charge in [-0.15, -0.1) is 0 Å². The van der Waals surface area contributed by atoms with Crippen LogP contribution in [0.3, 0.4) is 0 Å². The Hall–Kier alpha value is -1.55. The van der Waals surface area contributed by atoms with Crippen LogP contribution in [0.25, 0.3) is 0 Å². The van der Waals surface area contributed by atoms with Crippen LogP contribution in [0, 0.1) is 6.92 Å². The van der Waals surface area contributed by atoms with Crippen LogP contribution in [0.2, 0.25) is 0 Å². The Morgan fingerprint density at radius 1 is 1.17 bits per heavy atom. The minimum absolute atomic E-state index is 0.439. The predicted molar refractivity (Wildman–Crippen MR) is 71.5 cm³/mol. The van der Waals surface area contributed by atoms with E-state index in [1.165, 1.54) is 17.7 Å². The van der Waals surface area contributed by atoms with Crippen molar-refractivity contribution in [2.24, 2.45) is 0 Å². The summed E-state index contributed by atoms with van der Waals surface area (Å²) in [5.74, 6) is 0. The number of carbonyl (C=O) groups excluding carboxylic acids is 1. The zero-order chi connectivity index (χ0) is 12.8. The molecule has 0 aliphatic carbocycles. The lowest BCUT2D eigenvalue weighted by Crippen LogP contribution is -2.47. The summed E-state index contributed by atoms with van der Waals surface area (Å²) in [6.45, 7) is 8.87. The lowest BCUT2D eigenvalue weighted by Gasteiger charge is -2.35. The van der Waals surface area contributed by atoms with E-state index in [9.17, 15) is 4.79 Å². The zero-order valence-electron chi connectivity index (χ0n) is 10.8. The lowest BCUT2D eigenvalue weighted by molar-refractivity contribution is 0.188. The van der Waals surface area contributed by atoms with Gasteiger partial charge in [-0.1, -0.05) is 17.7 Å². The Bertz CT molecular complexity index is 370. The second-order valence-corrected chi connectivity index (χ2v) is 4.60. The number of piperazine rings is 1. The summed E-state index contributed by atoms with van der Waals surface area (Å²) >= 11 is 0. The van der Waals surface area contributed by atoms with Crippen molar-refractivity contribution in [3.05, 3.63) is 29.8 Å². The Kier molecular flexibility index (Phi) is 4.59. The second kappa shape index (κ2) is 6.40. The number of ether oxygens (including phenoxy) is 1. The van der Waals surface area contributed by atoms with Crippen LogP contribution in [-0.2, 0) is 9.53 Å². The van der Waals surface area contributed by atoms with Crippen LogP contribution in [0.5, 0.6) is 0 Å². The summed E-state index contributed by atoms with van der Waals surface area (Å²) in [6.07, 6.45) is 0. The van der Waals surface area contributed by atoms with Gasteiger partial charge in [0, 0.05) is 38.4 Å². The molecule has 0 N–H and O–H groups in total. The van der Waals surface area contributed by atoms with Crippen molar-refractivity contribution >= 4 is 12.2 Å². The first-order valence-corrected chi connectivity index (χ1v) is 6.32. The normalized spacial score (nSPS) is 16.6. The summed E-state index contributed by atoms with van der Waals surface area (Å²) in [5.41, 5.74) is 2.58. The number of benzene rings is 1. The topological polar surface area (TPSA) is 32.8 Å². The molecule has 1 saturated heterocycles. The fraction of sp³-hybridized carbons (Fsp3) is 0.500. The van der Waals surface area contributed by atoms with Gasteiger partial charge in [0.05, 0.1) is 0 Å². The number of rotatable bonds is 5. The van der Waals surface area contributed by atoms with E-state index in [0.717, 1.165) is 32.7 Å². The molecule has 4 nitrogen and oxygen atoms in total. The maximum absolute atomic E-state index is 9.94. The van der Waals surface area contributed by atoms with Gasteiger partial charge in [0.2, 0.25) is 0 Å².